The molecule has 0 saturated carbocycles. The monoisotopic (exact) mass is 407 g/mol. The van der Waals surface area contributed by atoms with Gasteiger partial charge in [0.2, 0.25) is 5.88 Å². The van der Waals surface area contributed by atoms with E-state index in [0.29, 0.717) is 16.5 Å². The number of anilines is 1. The molecule has 2 heterocycles. The number of carbonyl (C=O) groups excluding carboxylic acids is 1. The lowest BCUT2D eigenvalue weighted by molar-refractivity contribution is -0.133. The molecule has 0 fully saturated rings. The first kappa shape index (κ1) is 20.4. The Morgan fingerprint density at radius 1 is 1.28 bits per heavy atom. The smallest absolute Gasteiger partial charge is 0.345 e. The summed E-state index contributed by atoms with van der Waals surface area (Å²) in [5, 5.41) is 21.2. The Labute approximate surface area is 164 Å². The Hall–Kier alpha value is -3.31. The average Bonchev–Trinajstić information content (AvgIpc) is 3.12. The molecule has 11 heteroatoms. The maximum atomic E-state index is 12.4. The van der Waals surface area contributed by atoms with Crippen molar-refractivity contribution in [2.45, 2.75) is 12.7 Å². The number of nitrogens with one attached hydrogen (secondary N) is 3. The van der Waals surface area contributed by atoms with E-state index in [-0.39, 0.29) is 24.9 Å². The molecule has 29 heavy (non-hydrogen) atoms. The summed E-state index contributed by atoms with van der Waals surface area (Å²) in [6, 6.07) is 8.76. The number of alkyl halides is 2. The van der Waals surface area contributed by atoms with E-state index in [1.807, 2.05) is 0 Å². The molecule has 0 aliphatic heterocycles. The third-order valence-electron chi connectivity index (χ3n) is 3.88. The number of hydrogen-bond acceptors (Lipinski definition) is 6. The maximum Gasteiger partial charge on any atom is 0.345 e. The summed E-state index contributed by atoms with van der Waals surface area (Å²) in [4.78, 5) is 16.5. The summed E-state index contributed by atoms with van der Waals surface area (Å²) in [6.45, 7) is -3.41. The number of aliphatic hydroxyl groups is 1. The van der Waals surface area contributed by atoms with E-state index in [2.05, 4.69) is 30.6 Å². The second kappa shape index (κ2) is 9.75. The topological polar surface area (TPSA) is 121 Å². The van der Waals surface area contributed by atoms with Gasteiger partial charge in [-0.05, 0) is 5.56 Å². The average molecular weight is 407 g/mol. The Morgan fingerprint density at radius 3 is 2.79 bits per heavy atom. The molecule has 2 aromatic heterocycles. The number of benzene rings is 1. The molecular weight excluding hydrogens is 388 g/mol. The third kappa shape index (κ3) is 5.59. The number of aromatic nitrogens is 3. The highest BCUT2D eigenvalue weighted by molar-refractivity contribution is 5.92. The van der Waals surface area contributed by atoms with Gasteiger partial charge in [-0.1, -0.05) is 30.3 Å². The highest BCUT2D eigenvalue weighted by Gasteiger charge is 2.18. The Kier molecular flexibility index (Phi) is 6.87. The quantitative estimate of drug-likeness (QED) is 0.432. The number of rotatable bonds is 9. The first-order valence-corrected chi connectivity index (χ1v) is 8.67. The minimum absolute atomic E-state index is 0.0872. The number of ether oxygens (including phenoxy) is 2. The molecule has 1 atom stereocenters. The first-order chi connectivity index (χ1) is 14.1. The fourth-order valence-electron chi connectivity index (χ4n) is 2.60. The number of carbonyl (C=O) groups is 1. The lowest BCUT2D eigenvalue weighted by Crippen LogP contribution is -2.35. The standard InChI is InChI=1S/C18H19F2N5O4/c19-17(20)29-10-14(11-4-2-1-3-5-11)22-18(27)23-15-8-13-12(9-21-15)16(25-24-13)28-7-6-26/h1-5,8-9,14,17,26H,6-7,10H2,(H,24,25)(H2,21,22,23,27)/t14-/m1/s1. The van der Waals surface area contributed by atoms with Crippen molar-refractivity contribution in [2.75, 3.05) is 25.1 Å². The molecule has 2 amide bonds. The van der Waals surface area contributed by atoms with Gasteiger partial charge in [0.1, 0.15) is 12.4 Å². The fourth-order valence-corrected chi connectivity index (χ4v) is 2.60. The van der Waals surface area contributed by atoms with Gasteiger partial charge in [-0.2, -0.15) is 8.78 Å². The van der Waals surface area contributed by atoms with Crippen LogP contribution in [-0.4, -0.2) is 52.8 Å². The zero-order chi connectivity index (χ0) is 20.6. The van der Waals surface area contributed by atoms with Crippen molar-refractivity contribution in [1.82, 2.24) is 20.5 Å². The largest absolute Gasteiger partial charge is 0.474 e. The van der Waals surface area contributed by atoms with Gasteiger partial charge in [-0.3, -0.25) is 10.4 Å². The van der Waals surface area contributed by atoms with Crippen LogP contribution in [0.15, 0.2) is 42.6 Å². The molecule has 0 unspecified atom stereocenters. The molecule has 0 aliphatic rings. The van der Waals surface area contributed by atoms with Crippen molar-refractivity contribution < 1.29 is 28.2 Å². The molecular formula is C18H19F2N5O4. The predicted octanol–water partition coefficient (Wildman–Crippen LogP) is 2.43. The number of halogens is 2. The second-order valence-electron chi connectivity index (χ2n) is 5.87. The van der Waals surface area contributed by atoms with E-state index in [1.165, 1.54) is 6.20 Å². The molecule has 154 valence electrons. The van der Waals surface area contributed by atoms with Gasteiger partial charge in [-0.25, -0.2) is 9.78 Å². The van der Waals surface area contributed by atoms with Crippen LogP contribution < -0.4 is 15.4 Å². The van der Waals surface area contributed by atoms with Gasteiger partial charge in [0, 0.05) is 12.3 Å². The molecule has 1 aromatic carbocycles. The number of hydrogen-bond donors (Lipinski definition) is 4. The van der Waals surface area contributed by atoms with Gasteiger partial charge in [-0.15, -0.1) is 5.10 Å². The first-order valence-electron chi connectivity index (χ1n) is 8.67. The Bertz CT molecular complexity index is 938. The Balaban J connectivity index is 1.67. The van der Waals surface area contributed by atoms with Gasteiger partial charge >= 0.3 is 12.6 Å². The van der Waals surface area contributed by atoms with E-state index in [0.717, 1.165) is 0 Å². The number of amides is 2. The van der Waals surface area contributed by atoms with Crippen LogP contribution in [0.2, 0.25) is 0 Å². The van der Waals surface area contributed by atoms with E-state index >= 15 is 0 Å². The lowest BCUT2D eigenvalue weighted by atomic mass is 10.1. The van der Waals surface area contributed by atoms with Crippen LogP contribution in [0, 0.1) is 0 Å². The van der Waals surface area contributed by atoms with Crippen molar-refractivity contribution in [3.63, 3.8) is 0 Å². The number of H-pyrrole nitrogens is 1. The molecule has 0 spiro atoms. The summed E-state index contributed by atoms with van der Waals surface area (Å²) < 4.78 is 34.5. The van der Waals surface area contributed by atoms with Gasteiger partial charge in [0.05, 0.1) is 30.2 Å². The minimum Gasteiger partial charge on any atom is -0.474 e. The molecule has 4 N–H and O–H groups in total. The van der Waals surface area contributed by atoms with E-state index in [1.54, 1.807) is 36.4 Å². The summed E-state index contributed by atoms with van der Waals surface area (Å²) in [7, 11) is 0. The molecule has 0 saturated heterocycles. The van der Waals surface area contributed by atoms with Crippen LogP contribution in [0.3, 0.4) is 0 Å². The summed E-state index contributed by atoms with van der Waals surface area (Å²) in [6.07, 6.45) is 1.45. The van der Waals surface area contributed by atoms with Crippen LogP contribution in [-0.2, 0) is 4.74 Å². The molecule has 9 nitrogen and oxygen atoms in total. The van der Waals surface area contributed by atoms with Gasteiger partial charge in [0.15, 0.2) is 0 Å². The molecule has 3 rings (SSSR count). The van der Waals surface area contributed by atoms with Gasteiger partial charge < -0.3 is 19.9 Å². The van der Waals surface area contributed by atoms with Crippen molar-refractivity contribution in [1.29, 1.82) is 0 Å². The van der Waals surface area contributed by atoms with Crippen LogP contribution in [0.4, 0.5) is 19.4 Å². The fraction of sp³-hybridized carbons (Fsp3) is 0.278. The van der Waals surface area contributed by atoms with E-state index in [9.17, 15) is 13.6 Å². The normalized spacial score (nSPS) is 12.1. The molecule has 0 aliphatic carbocycles. The number of pyridine rings is 1. The van der Waals surface area contributed by atoms with Crippen LogP contribution in [0.1, 0.15) is 11.6 Å². The van der Waals surface area contributed by atoms with E-state index < -0.39 is 25.3 Å². The summed E-state index contributed by atoms with van der Waals surface area (Å²) in [5.41, 5.74) is 1.18. The minimum atomic E-state index is -2.95. The highest BCUT2D eigenvalue weighted by Crippen LogP contribution is 2.23. The van der Waals surface area contributed by atoms with E-state index in [4.69, 9.17) is 9.84 Å². The molecule has 0 bridgehead atoms. The van der Waals surface area contributed by atoms with Crippen molar-refractivity contribution in [2.24, 2.45) is 0 Å². The highest BCUT2D eigenvalue weighted by atomic mass is 19.3. The lowest BCUT2D eigenvalue weighted by Gasteiger charge is -2.19. The van der Waals surface area contributed by atoms with Gasteiger partial charge in [0.25, 0.3) is 0 Å². The van der Waals surface area contributed by atoms with Crippen molar-refractivity contribution in [3.8, 4) is 5.88 Å². The number of aliphatic hydroxyl groups excluding tert-OH is 1. The zero-order valence-corrected chi connectivity index (χ0v) is 15.1. The zero-order valence-electron chi connectivity index (χ0n) is 15.1. The van der Waals surface area contributed by atoms with Crippen molar-refractivity contribution in [3.05, 3.63) is 48.2 Å². The number of aromatic amines is 1. The second-order valence-corrected chi connectivity index (χ2v) is 5.87. The Morgan fingerprint density at radius 2 is 2.07 bits per heavy atom. The van der Waals surface area contributed by atoms with Crippen molar-refractivity contribution >= 4 is 22.8 Å². The third-order valence-corrected chi connectivity index (χ3v) is 3.88. The predicted molar refractivity (Wildman–Crippen MR) is 99.8 cm³/mol. The van der Waals surface area contributed by atoms with Crippen LogP contribution >= 0.6 is 0 Å². The molecule has 3 aromatic rings. The number of urea groups is 1. The SMILES string of the molecule is O=C(Nc1cc2[nH]nc(OCCO)c2cn1)N[C@H](COC(F)F)c1ccccc1. The number of fused-ring (bicyclic) bond motifs is 1. The summed E-state index contributed by atoms with van der Waals surface area (Å²) >= 11 is 0. The maximum absolute atomic E-state index is 12.4. The van der Waals surface area contributed by atoms with Crippen LogP contribution in [0.5, 0.6) is 5.88 Å². The van der Waals surface area contributed by atoms with Crippen LogP contribution in [0.25, 0.3) is 10.9 Å². The molecule has 0 radical (unpaired) electrons. The summed E-state index contributed by atoms with van der Waals surface area (Å²) in [5.74, 6) is 0.500. The number of nitrogens with zero attached hydrogens (tertiary/aromatic N) is 2.